The van der Waals surface area contributed by atoms with Crippen molar-refractivity contribution in [2.45, 2.75) is 9.79 Å². The van der Waals surface area contributed by atoms with Gasteiger partial charge in [-0.3, -0.25) is 10.1 Å². The number of hydrogen-bond acceptors (Lipinski definition) is 4. The van der Waals surface area contributed by atoms with Crippen LogP contribution in [0.25, 0.3) is 0 Å². The topological polar surface area (TPSA) is 69.2 Å². The van der Waals surface area contributed by atoms with E-state index >= 15 is 0 Å². The lowest BCUT2D eigenvalue weighted by atomic mass is 10.3. The minimum absolute atomic E-state index is 0.0996. The van der Waals surface area contributed by atoms with Gasteiger partial charge in [-0.15, -0.1) is 0 Å². The van der Waals surface area contributed by atoms with Gasteiger partial charge in [0.1, 0.15) is 5.02 Å². The van der Waals surface area contributed by atoms with Crippen LogP contribution in [0.3, 0.4) is 0 Å². The summed E-state index contributed by atoms with van der Waals surface area (Å²) in [5.74, 6) is 0. The molecule has 0 aliphatic carbocycles. The molecule has 2 aromatic rings. The summed E-state index contributed by atoms with van der Waals surface area (Å²) in [4.78, 5) is 11.7. The second-order valence-corrected chi connectivity index (χ2v) is 5.56. The Morgan fingerprint density at radius 2 is 1.89 bits per heavy atom. The molecule has 2 aromatic carbocycles. The van der Waals surface area contributed by atoms with E-state index in [0.717, 1.165) is 0 Å². The molecule has 19 heavy (non-hydrogen) atoms. The highest BCUT2D eigenvalue weighted by Crippen LogP contribution is 2.41. The fourth-order valence-corrected chi connectivity index (χ4v) is 2.94. The van der Waals surface area contributed by atoms with Gasteiger partial charge in [-0.25, -0.2) is 0 Å². The Hall–Kier alpha value is -1.43. The molecule has 0 aromatic heterocycles. The van der Waals surface area contributed by atoms with E-state index in [1.54, 1.807) is 30.3 Å². The molecule has 0 amide bonds. The first-order valence-corrected chi connectivity index (χ1v) is 6.72. The van der Waals surface area contributed by atoms with Crippen molar-refractivity contribution in [3.63, 3.8) is 0 Å². The van der Waals surface area contributed by atoms with Gasteiger partial charge in [0.25, 0.3) is 0 Å². The fraction of sp³-hybridized carbons (Fsp3) is 0. The number of nitrogens with zero attached hydrogens (tertiary/aromatic N) is 1. The van der Waals surface area contributed by atoms with E-state index in [1.807, 2.05) is 0 Å². The molecular formula is C12H8Cl2N2O2S. The number of benzene rings is 2. The van der Waals surface area contributed by atoms with Crippen LogP contribution in [-0.2, 0) is 0 Å². The molecule has 2 N–H and O–H groups in total. The first-order chi connectivity index (χ1) is 8.99. The Labute approximate surface area is 123 Å². The van der Waals surface area contributed by atoms with Crippen LogP contribution in [0.2, 0.25) is 10.0 Å². The first-order valence-electron chi connectivity index (χ1n) is 5.15. The number of halogens is 2. The lowest BCUT2D eigenvalue weighted by Gasteiger charge is -2.07. The van der Waals surface area contributed by atoms with Crippen molar-refractivity contribution in [1.82, 2.24) is 0 Å². The van der Waals surface area contributed by atoms with Crippen LogP contribution in [0.15, 0.2) is 46.2 Å². The van der Waals surface area contributed by atoms with Gasteiger partial charge in [0.05, 0.1) is 9.82 Å². The number of hydrogen-bond donors (Lipinski definition) is 1. The molecule has 0 atom stereocenters. The highest BCUT2D eigenvalue weighted by Gasteiger charge is 2.19. The number of anilines is 1. The van der Waals surface area contributed by atoms with Crippen LogP contribution in [-0.4, -0.2) is 4.92 Å². The number of nitro groups is 1. The first kappa shape index (κ1) is 14.0. The number of nitro benzene ring substituents is 1. The van der Waals surface area contributed by atoms with Gasteiger partial charge in [0.15, 0.2) is 0 Å². The van der Waals surface area contributed by atoms with Gasteiger partial charge in [-0.1, -0.05) is 41.0 Å². The number of rotatable bonds is 3. The van der Waals surface area contributed by atoms with E-state index < -0.39 is 4.92 Å². The van der Waals surface area contributed by atoms with Crippen molar-refractivity contribution in [2.75, 3.05) is 5.73 Å². The van der Waals surface area contributed by atoms with Crippen LogP contribution >= 0.6 is 35.0 Å². The SMILES string of the molecule is Nc1cc(Cl)ccc1Sc1cccc(Cl)c1[N+](=O)[O-]. The maximum Gasteiger partial charge on any atom is 0.301 e. The quantitative estimate of drug-likeness (QED) is 0.509. The Morgan fingerprint density at radius 3 is 2.53 bits per heavy atom. The zero-order valence-corrected chi connectivity index (χ0v) is 11.8. The van der Waals surface area contributed by atoms with E-state index in [9.17, 15) is 10.1 Å². The summed E-state index contributed by atoms with van der Waals surface area (Å²) in [7, 11) is 0. The lowest BCUT2D eigenvalue weighted by molar-refractivity contribution is -0.387. The largest absolute Gasteiger partial charge is 0.398 e. The number of nitrogen functional groups attached to an aromatic ring is 1. The molecule has 0 saturated heterocycles. The Balaban J connectivity index is 2.44. The van der Waals surface area contributed by atoms with Gasteiger partial charge in [0, 0.05) is 15.6 Å². The molecule has 0 saturated carbocycles. The monoisotopic (exact) mass is 314 g/mol. The normalized spacial score (nSPS) is 10.4. The Kier molecular flexibility index (Phi) is 4.19. The number of para-hydroxylation sites is 1. The van der Waals surface area contributed by atoms with Crippen LogP contribution in [0, 0.1) is 10.1 Å². The predicted molar refractivity (Wildman–Crippen MR) is 78.1 cm³/mol. The second-order valence-electron chi connectivity index (χ2n) is 3.63. The molecule has 0 heterocycles. The molecule has 0 aliphatic rings. The summed E-state index contributed by atoms with van der Waals surface area (Å²) >= 11 is 12.8. The molecule has 0 fully saturated rings. The van der Waals surface area contributed by atoms with Crippen LogP contribution in [0.1, 0.15) is 0 Å². The molecule has 0 bridgehead atoms. The number of nitrogens with two attached hydrogens (primary N) is 1. The van der Waals surface area contributed by atoms with E-state index in [-0.39, 0.29) is 10.7 Å². The maximum absolute atomic E-state index is 11.0. The minimum atomic E-state index is -0.503. The van der Waals surface area contributed by atoms with E-state index in [0.29, 0.717) is 20.5 Å². The third-order valence-corrected chi connectivity index (χ3v) is 4.01. The summed E-state index contributed by atoms with van der Waals surface area (Å²) in [6, 6.07) is 9.76. The van der Waals surface area contributed by atoms with Gasteiger partial charge >= 0.3 is 5.69 Å². The highest BCUT2D eigenvalue weighted by atomic mass is 35.5. The summed E-state index contributed by atoms with van der Waals surface area (Å²) in [6.45, 7) is 0. The highest BCUT2D eigenvalue weighted by molar-refractivity contribution is 7.99. The molecule has 2 rings (SSSR count). The van der Waals surface area contributed by atoms with Crippen molar-refractivity contribution >= 4 is 46.3 Å². The van der Waals surface area contributed by atoms with Gasteiger partial charge in [-0.05, 0) is 30.3 Å². The Morgan fingerprint density at radius 1 is 1.16 bits per heavy atom. The van der Waals surface area contributed by atoms with Crippen molar-refractivity contribution in [1.29, 1.82) is 0 Å². The fourth-order valence-electron chi connectivity index (χ4n) is 1.49. The maximum atomic E-state index is 11.0. The molecule has 0 unspecified atom stereocenters. The van der Waals surface area contributed by atoms with Gasteiger partial charge < -0.3 is 5.73 Å². The molecule has 98 valence electrons. The molecule has 7 heteroatoms. The third kappa shape index (κ3) is 3.12. The van der Waals surface area contributed by atoms with Crippen molar-refractivity contribution in [3.05, 3.63) is 56.6 Å². The van der Waals surface area contributed by atoms with Crippen molar-refractivity contribution in [2.24, 2.45) is 0 Å². The summed E-state index contributed by atoms with van der Waals surface area (Å²) < 4.78 is 0. The zero-order valence-electron chi connectivity index (χ0n) is 9.47. The summed E-state index contributed by atoms with van der Waals surface area (Å²) in [6.07, 6.45) is 0. The molecular weight excluding hydrogens is 307 g/mol. The summed E-state index contributed by atoms with van der Waals surface area (Å²) in [5.41, 5.74) is 6.17. The molecule has 0 spiro atoms. The van der Waals surface area contributed by atoms with Crippen molar-refractivity contribution < 1.29 is 4.92 Å². The average molecular weight is 315 g/mol. The third-order valence-electron chi connectivity index (χ3n) is 2.32. The van der Waals surface area contributed by atoms with Crippen LogP contribution in [0.5, 0.6) is 0 Å². The second kappa shape index (κ2) is 5.69. The zero-order chi connectivity index (χ0) is 14.0. The smallest absolute Gasteiger partial charge is 0.301 e. The van der Waals surface area contributed by atoms with Gasteiger partial charge in [-0.2, -0.15) is 0 Å². The van der Waals surface area contributed by atoms with E-state index in [2.05, 4.69) is 0 Å². The van der Waals surface area contributed by atoms with E-state index in [1.165, 1.54) is 17.8 Å². The van der Waals surface area contributed by atoms with Gasteiger partial charge in [0.2, 0.25) is 0 Å². The Bertz CT molecular complexity index is 650. The van der Waals surface area contributed by atoms with E-state index in [4.69, 9.17) is 28.9 Å². The molecule has 0 aliphatic heterocycles. The lowest BCUT2D eigenvalue weighted by Crippen LogP contribution is -1.93. The standard InChI is InChI=1S/C12H8Cl2N2O2S/c13-7-4-5-10(9(15)6-7)19-11-3-1-2-8(14)12(11)16(17)18/h1-6H,15H2. The molecule has 4 nitrogen and oxygen atoms in total. The van der Waals surface area contributed by atoms with Crippen molar-refractivity contribution in [3.8, 4) is 0 Å². The average Bonchev–Trinajstić information content (AvgIpc) is 2.32. The predicted octanol–water partition coefficient (Wildman–Crippen LogP) is 4.64. The minimum Gasteiger partial charge on any atom is -0.398 e. The van der Waals surface area contributed by atoms with Crippen LogP contribution in [0.4, 0.5) is 11.4 Å². The molecule has 0 radical (unpaired) electrons. The summed E-state index contributed by atoms with van der Waals surface area (Å²) in [5, 5.41) is 11.6. The van der Waals surface area contributed by atoms with Crippen LogP contribution < -0.4 is 5.73 Å².